The van der Waals surface area contributed by atoms with Crippen LogP contribution in [0.15, 0.2) is 42.6 Å². The van der Waals surface area contributed by atoms with Crippen LogP contribution in [0.5, 0.6) is 11.5 Å². The highest BCUT2D eigenvalue weighted by atomic mass is 19.1. The lowest BCUT2D eigenvalue weighted by Gasteiger charge is -2.13. The molecule has 8 nitrogen and oxygen atoms in total. The number of amides is 1. The summed E-state index contributed by atoms with van der Waals surface area (Å²) in [6.07, 6.45) is 1.47. The molecule has 182 valence electrons. The van der Waals surface area contributed by atoms with Crippen LogP contribution in [-0.4, -0.2) is 39.9 Å². The molecule has 0 spiro atoms. The Kier molecular flexibility index (Phi) is 6.43. The molecule has 35 heavy (non-hydrogen) atoms. The first kappa shape index (κ1) is 24.1. The second-order valence-corrected chi connectivity index (χ2v) is 9.27. The van der Waals surface area contributed by atoms with Crippen molar-refractivity contribution in [1.29, 1.82) is 0 Å². The largest absolute Gasteiger partial charge is 0.493 e. The Bertz CT molecular complexity index is 1410. The van der Waals surface area contributed by atoms with E-state index in [-0.39, 0.29) is 23.3 Å². The molecule has 0 aliphatic carbocycles. The van der Waals surface area contributed by atoms with Crippen LogP contribution >= 0.6 is 0 Å². The van der Waals surface area contributed by atoms with E-state index in [0.29, 0.717) is 39.6 Å². The van der Waals surface area contributed by atoms with Gasteiger partial charge < -0.3 is 14.8 Å². The second-order valence-electron chi connectivity index (χ2n) is 9.27. The van der Waals surface area contributed by atoms with Gasteiger partial charge in [0.1, 0.15) is 11.6 Å². The van der Waals surface area contributed by atoms with Gasteiger partial charge in [-0.05, 0) is 11.6 Å². The predicted octanol–water partition coefficient (Wildman–Crippen LogP) is 4.67. The van der Waals surface area contributed by atoms with Crippen molar-refractivity contribution in [2.24, 2.45) is 7.05 Å². The summed E-state index contributed by atoms with van der Waals surface area (Å²) >= 11 is 0. The van der Waals surface area contributed by atoms with Gasteiger partial charge in [0.25, 0.3) is 0 Å². The van der Waals surface area contributed by atoms with Gasteiger partial charge in [-0.1, -0.05) is 32.9 Å². The normalized spacial score (nSPS) is 11.5. The minimum absolute atomic E-state index is 0.109. The van der Waals surface area contributed by atoms with Crippen LogP contribution < -0.4 is 14.8 Å². The van der Waals surface area contributed by atoms with E-state index < -0.39 is 5.82 Å². The number of hydrogen-bond donors (Lipinski definition) is 1. The number of carbonyl (C=O) groups is 1. The minimum Gasteiger partial charge on any atom is -0.493 e. The van der Waals surface area contributed by atoms with Crippen molar-refractivity contribution in [3.05, 3.63) is 59.7 Å². The maximum Gasteiger partial charge on any atom is 0.230 e. The molecular formula is C26H28FN5O3. The summed E-state index contributed by atoms with van der Waals surface area (Å²) in [6.45, 7) is 6.14. The first-order chi connectivity index (χ1) is 16.6. The van der Waals surface area contributed by atoms with Gasteiger partial charge in [-0.25, -0.2) is 9.37 Å². The van der Waals surface area contributed by atoms with E-state index in [1.807, 2.05) is 26.8 Å². The molecule has 1 amide bonds. The van der Waals surface area contributed by atoms with Crippen LogP contribution in [0.1, 0.15) is 32.0 Å². The van der Waals surface area contributed by atoms with Crippen LogP contribution in [0.2, 0.25) is 0 Å². The number of anilines is 1. The molecule has 4 aromatic rings. The van der Waals surface area contributed by atoms with Crippen LogP contribution in [0.3, 0.4) is 0 Å². The van der Waals surface area contributed by atoms with Crippen molar-refractivity contribution in [3.63, 3.8) is 0 Å². The number of rotatable bonds is 6. The van der Waals surface area contributed by atoms with E-state index in [1.54, 1.807) is 56.4 Å². The number of benzene rings is 2. The average Bonchev–Trinajstić information content (AvgIpc) is 3.19. The molecule has 0 saturated carbocycles. The number of nitrogens with one attached hydrogen (secondary N) is 1. The Balaban J connectivity index is 1.53. The van der Waals surface area contributed by atoms with E-state index in [9.17, 15) is 9.18 Å². The molecule has 4 rings (SSSR count). The minimum atomic E-state index is -0.493. The highest BCUT2D eigenvalue weighted by Gasteiger charge is 2.20. The Morgan fingerprint density at radius 2 is 1.74 bits per heavy atom. The van der Waals surface area contributed by atoms with Gasteiger partial charge in [0.2, 0.25) is 5.91 Å². The van der Waals surface area contributed by atoms with Gasteiger partial charge in [-0.2, -0.15) is 5.10 Å². The lowest BCUT2D eigenvalue weighted by Crippen LogP contribution is -2.17. The number of carbonyl (C=O) groups excluding carboxylic acids is 1. The first-order valence-electron chi connectivity index (χ1n) is 11.1. The molecule has 0 bridgehead atoms. The first-order valence-corrected chi connectivity index (χ1v) is 11.1. The number of ether oxygens (including phenoxy) is 2. The molecule has 2 aromatic carbocycles. The summed E-state index contributed by atoms with van der Waals surface area (Å²) in [7, 11) is 4.86. The lowest BCUT2D eigenvalue weighted by molar-refractivity contribution is -0.115. The standard InChI is InChI=1S/C26H28FN5O3/c1-26(2,3)23-13-24(32(4)31-23)30-25(33)10-15-7-8-16(9-17(15)27)20-14-28-18-11-21(34-5)22(35-6)12-19(18)29-20/h7-9,11-14H,10H2,1-6H3,(H,30,33). The monoisotopic (exact) mass is 477 g/mol. The van der Waals surface area contributed by atoms with Gasteiger partial charge >= 0.3 is 0 Å². The summed E-state index contributed by atoms with van der Waals surface area (Å²) in [5, 5.41) is 7.26. The predicted molar refractivity (Wildman–Crippen MR) is 132 cm³/mol. The molecule has 9 heteroatoms. The SMILES string of the molecule is COc1cc2ncc(-c3ccc(CC(=O)Nc4cc(C(C)(C)C)nn4C)c(F)c3)nc2cc1OC. The lowest BCUT2D eigenvalue weighted by atomic mass is 9.92. The summed E-state index contributed by atoms with van der Waals surface area (Å²) < 4.78 is 27.2. The molecule has 0 fully saturated rings. The number of halogens is 1. The second kappa shape index (κ2) is 9.32. The number of nitrogens with zero attached hydrogens (tertiary/aromatic N) is 4. The van der Waals surface area contributed by atoms with E-state index in [4.69, 9.17) is 9.47 Å². The van der Waals surface area contributed by atoms with Crippen LogP contribution in [-0.2, 0) is 23.7 Å². The Hall–Kier alpha value is -4.01. The topological polar surface area (TPSA) is 91.2 Å². The van der Waals surface area contributed by atoms with Gasteiger partial charge in [0.15, 0.2) is 11.5 Å². The maximum absolute atomic E-state index is 14.9. The number of fused-ring (bicyclic) bond motifs is 1. The molecule has 0 radical (unpaired) electrons. The van der Waals surface area contributed by atoms with E-state index in [2.05, 4.69) is 20.4 Å². The Labute approximate surface area is 203 Å². The van der Waals surface area contributed by atoms with Gasteiger partial charge in [-0.15, -0.1) is 0 Å². The third-order valence-electron chi connectivity index (χ3n) is 5.66. The van der Waals surface area contributed by atoms with Crippen molar-refractivity contribution >= 4 is 22.8 Å². The molecule has 2 heterocycles. The molecule has 0 aliphatic heterocycles. The summed E-state index contributed by atoms with van der Waals surface area (Å²) in [4.78, 5) is 21.6. The molecule has 0 aliphatic rings. The molecule has 0 saturated heterocycles. The average molecular weight is 478 g/mol. The zero-order chi connectivity index (χ0) is 25.3. The van der Waals surface area contributed by atoms with Crippen molar-refractivity contribution in [3.8, 4) is 22.8 Å². The quantitative estimate of drug-likeness (QED) is 0.434. The molecule has 0 atom stereocenters. The van der Waals surface area contributed by atoms with Gasteiger partial charge in [0.05, 0.1) is 49.3 Å². The number of aryl methyl sites for hydroxylation is 1. The fraction of sp³-hybridized carbons (Fsp3) is 0.308. The van der Waals surface area contributed by atoms with Crippen molar-refractivity contribution < 1.29 is 18.7 Å². The molecular weight excluding hydrogens is 449 g/mol. The number of aromatic nitrogens is 4. The van der Waals surface area contributed by atoms with E-state index >= 15 is 0 Å². The number of methoxy groups -OCH3 is 2. The van der Waals surface area contributed by atoms with Gasteiger partial charge in [-0.3, -0.25) is 14.5 Å². The van der Waals surface area contributed by atoms with Crippen molar-refractivity contribution in [2.45, 2.75) is 32.6 Å². The summed E-state index contributed by atoms with van der Waals surface area (Å²) in [6, 6.07) is 9.98. The Morgan fingerprint density at radius 1 is 1.06 bits per heavy atom. The number of hydrogen-bond acceptors (Lipinski definition) is 6. The smallest absolute Gasteiger partial charge is 0.230 e. The fourth-order valence-corrected chi connectivity index (χ4v) is 3.64. The molecule has 0 unspecified atom stereocenters. The van der Waals surface area contributed by atoms with E-state index in [0.717, 1.165) is 5.69 Å². The van der Waals surface area contributed by atoms with E-state index in [1.165, 1.54) is 6.07 Å². The van der Waals surface area contributed by atoms with Crippen LogP contribution in [0.4, 0.5) is 10.2 Å². The van der Waals surface area contributed by atoms with Gasteiger partial charge in [0, 0.05) is 36.2 Å². The highest BCUT2D eigenvalue weighted by molar-refractivity contribution is 5.91. The fourth-order valence-electron chi connectivity index (χ4n) is 3.64. The highest BCUT2D eigenvalue weighted by Crippen LogP contribution is 2.32. The summed E-state index contributed by atoms with van der Waals surface area (Å²) in [5.41, 5.74) is 3.27. The zero-order valence-corrected chi connectivity index (χ0v) is 20.6. The van der Waals surface area contributed by atoms with Crippen LogP contribution in [0, 0.1) is 5.82 Å². The maximum atomic E-state index is 14.9. The zero-order valence-electron chi connectivity index (χ0n) is 20.6. The molecule has 1 N–H and O–H groups in total. The third-order valence-corrected chi connectivity index (χ3v) is 5.66. The Morgan fingerprint density at radius 3 is 2.34 bits per heavy atom. The summed E-state index contributed by atoms with van der Waals surface area (Å²) in [5.74, 6) is 0.827. The third kappa shape index (κ3) is 5.08. The van der Waals surface area contributed by atoms with Crippen molar-refractivity contribution in [1.82, 2.24) is 19.7 Å². The molecule has 2 aromatic heterocycles. The van der Waals surface area contributed by atoms with Crippen LogP contribution in [0.25, 0.3) is 22.3 Å². The van der Waals surface area contributed by atoms with Crippen molar-refractivity contribution in [2.75, 3.05) is 19.5 Å².